The van der Waals surface area contributed by atoms with Crippen molar-refractivity contribution >= 4 is 23.1 Å². The Labute approximate surface area is 124 Å². The molecule has 2 nitrogen and oxygen atoms in total. The minimum absolute atomic E-state index is 0.0227. The maximum absolute atomic E-state index is 14.0. The first-order valence-electron chi connectivity index (χ1n) is 6.43. The van der Waals surface area contributed by atoms with Crippen molar-refractivity contribution in [3.05, 3.63) is 40.4 Å². The second kappa shape index (κ2) is 5.79. The normalized spacial score (nSPS) is 14.8. The van der Waals surface area contributed by atoms with Crippen LogP contribution in [0.4, 0.5) is 8.78 Å². The zero-order valence-corrected chi connectivity index (χ0v) is 12.6. The lowest BCUT2D eigenvalue weighted by Crippen LogP contribution is -2.15. The van der Waals surface area contributed by atoms with Crippen molar-refractivity contribution in [3.8, 4) is 0 Å². The van der Waals surface area contributed by atoms with E-state index in [4.69, 9.17) is 0 Å². The molecule has 1 fully saturated rings. The third-order valence-corrected chi connectivity index (χ3v) is 5.17. The van der Waals surface area contributed by atoms with Crippen molar-refractivity contribution in [3.63, 3.8) is 0 Å². The largest absolute Gasteiger partial charge is 0.310 e. The second-order valence-electron chi connectivity index (χ2n) is 4.90. The molecule has 1 aliphatic rings. The van der Waals surface area contributed by atoms with Crippen LogP contribution in [0, 0.1) is 18.6 Å². The number of aromatic nitrogens is 1. The number of nitrogens with zero attached hydrogens (tertiary/aromatic N) is 1. The molecule has 1 aliphatic carbocycles. The van der Waals surface area contributed by atoms with Gasteiger partial charge in [0.05, 0.1) is 4.90 Å². The number of rotatable bonds is 5. The molecule has 0 amide bonds. The van der Waals surface area contributed by atoms with Crippen LogP contribution >= 0.6 is 23.1 Å². The fraction of sp³-hybridized carbons (Fsp3) is 0.357. The zero-order chi connectivity index (χ0) is 14.1. The lowest BCUT2D eigenvalue weighted by molar-refractivity contribution is 0.534. The molecule has 0 radical (unpaired) electrons. The highest BCUT2D eigenvalue weighted by Gasteiger charge is 2.21. The predicted molar refractivity (Wildman–Crippen MR) is 77.2 cm³/mol. The van der Waals surface area contributed by atoms with Gasteiger partial charge in [0.1, 0.15) is 11.6 Å². The lowest BCUT2D eigenvalue weighted by atomic mass is 10.2. The van der Waals surface area contributed by atoms with Crippen LogP contribution < -0.4 is 5.32 Å². The van der Waals surface area contributed by atoms with Gasteiger partial charge in [0.15, 0.2) is 4.34 Å². The van der Waals surface area contributed by atoms with E-state index in [1.807, 2.05) is 12.3 Å². The van der Waals surface area contributed by atoms with Gasteiger partial charge >= 0.3 is 0 Å². The van der Waals surface area contributed by atoms with E-state index in [1.54, 1.807) is 0 Å². The highest BCUT2D eigenvalue weighted by Crippen LogP contribution is 2.34. The quantitative estimate of drug-likeness (QED) is 0.898. The van der Waals surface area contributed by atoms with Gasteiger partial charge in [0.2, 0.25) is 0 Å². The Kier molecular flexibility index (Phi) is 4.05. The van der Waals surface area contributed by atoms with Crippen LogP contribution in [0.1, 0.15) is 24.1 Å². The van der Waals surface area contributed by atoms with E-state index in [0.717, 1.165) is 30.3 Å². The molecule has 6 heteroatoms. The van der Waals surface area contributed by atoms with E-state index in [-0.39, 0.29) is 4.90 Å². The molecule has 0 saturated heterocycles. The van der Waals surface area contributed by atoms with E-state index in [2.05, 4.69) is 10.3 Å². The van der Waals surface area contributed by atoms with E-state index in [9.17, 15) is 8.78 Å². The minimum atomic E-state index is -0.518. The third-order valence-electron chi connectivity index (χ3n) is 3.02. The van der Waals surface area contributed by atoms with Gasteiger partial charge in [-0.2, -0.15) is 0 Å². The number of aryl methyl sites for hydroxylation is 1. The van der Waals surface area contributed by atoms with E-state index >= 15 is 0 Å². The van der Waals surface area contributed by atoms with Crippen molar-refractivity contribution in [2.45, 2.75) is 41.6 Å². The second-order valence-corrected chi connectivity index (χ2v) is 7.02. The molecule has 1 N–H and O–H groups in total. The van der Waals surface area contributed by atoms with Gasteiger partial charge < -0.3 is 5.32 Å². The Morgan fingerprint density at radius 3 is 2.60 bits per heavy atom. The molecule has 1 aromatic heterocycles. The maximum atomic E-state index is 14.0. The molecule has 1 heterocycles. The van der Waals surface area contributed by atoms with Gasteiger partial charge in [-0.25, -0.2) is 13.8 Å². The number of nitrogens with one attached hydrogen (secondary N) is 1. The van der Waals surface area contributed by atoms with E-state index in [0.29, 0.717) is 22.5 Å². The van der Waals surface area contributed by atoms with Crippen LogP contribution in [-0.2, 0) is 6.54 Å². The Hall–Kier alpha value is -0.980. The molecular formula is C14H14F2N2S2. The van der Waals surface area contributed by atoms with Crippen LogP contribution in [0.25, 0.3) is 0 Å². The Morgan fingerprint density at radius 2 is 2.05 bits per heavy atom. The standard InChI is InChI=1S/C14H14F2N2S2/c1-8-7-19-14(18-8)20-13-11(15)4-9(5-12(13)16)6-17-10-2-3-10/h4-5,7,10,17H,2-3,6H2,1H3. The summed E-state index contributed by atoms with van der Waals surface area (Å²) in [4.78, 5) is 4.24. The number of benzene rings is 1. The first kappa shape index (κ1) is 14.0. The minimum Gasteiger partial charge on any atom is -0.310 e. The molecule has 0 bridgehead atoms. The van der Waals surface area contributed by atoms with Crippen molar-refractivity contribution in [1.29, 1.82) is 0 Å². The summed E-state index contributed by atoms with van der Waals surface area (Å²) in [5.74, 6) is -1.04. The fourth-order valence-electron chi connectivity index (χ4n) is 1.83. The molecule has 0 spiro atoms. The topological polar surface area (TPSA) is 24.9 Å². The summed E-state index contributed by atoms with van der Waals surface area (Å²) in [6, 6.07) is 3.33. The van der Waals surface area contributed by atoms with Crippen molar-refractivity contribution in [2.24, 2.45) is 0 Å². The van der Waals surface area contributed by atoms with Crippen LogP contribution in [-0.4, -0.2) is 11.0 Å². The maximum Gasteiger partial charge on any atom is 0.155 e. The summed E-state index contributed by atoms with van der Waals surface area (Å²) in [5, 5.41) is 5.12. The predicted octanol–water partition coefficient (Wildman–Crippen LogP) is 4.13. The number of hydrogen-bond acceptors (Lipinski definition) is 4. The third kappa shape index (κ3) is 3.37. The van der Waals surface area contributed by atoms with Crippen LogP contribution in [0.3, 0.4) is 0 Å². The van der Waals surface area contributed by atoms with Crippen molar-refractivity contribution in [1.82, 2.24) is 10.3 Å². The molecular weight excluding hydrogens is 298 g/mol. The summed E-state index contributed by atoms with van der Waals surface area (Å²) in [5.41, 5.74) is 1.51. The van der Waals surface area contributed by atoms with Gasteiger partial charge in [-0.1, -0.05) is 11.8 Å². The zero-order valence-electron chi connectivity index (χ0n) is 11.0. The fourth-order valence-corrected chi connectivity index (χ4v) is 3.61. The molecule has 0 unspecified atom stereocenters. The molecule has 0 atom stereocenters. The van der Waals surface area contributed by atoms with Crippen LogP contribution in [0.15, 0.2) is 26.7 Å². The first-order chi connectivity index (χ1) is 9.61. The summed E-state index contributed by atoms with van der Waals surface area (Å²) in [6.07, 6.45) is 2.31. The van der Waals surface area contributed by atoms with Crippen molar-refractivity contribution in [2.75, 3.05) is 0 Å². The summed E-state index contributed by atoms with van der Waals surface area (Å²) < 4.78 is 28.7. The first-order valence-corrected chi connectivity index (χ1v) is 8.13. The summed E-state index contributed by atoms with van der Waals surface area (Å²) in [7, 11) is 0. The van der Waals surface area contributed by atoms with Crippen molar-refractivity contribution < 1.29 is 8.78 Å². The molecule has 0 aliphatic heterocycles. The highest BCUT2D eigenvalue weighted by atomic mass is 32.2. The molecule has 3 rings (SSSR count). The van der Waals surface area contributed by atoms with Gasteiger partial charge in [-0.05, 0) is 37.5 Å². The average Bonchev–Trinajstić information content (AvgIpc) is 3.14. The monoisotopic (exact) mass is 312 g/mol. The number of halogens is 2. The average molecular weight is 312 g/mol. The smallest absolute Gasteiger partial charge is 0.155 e. The number of thiazole rings is 1. The van der Waals surface area contributed by atoms with Crippen LogP contribution in [0.5, 0.6) is 0 Å². The van der Waals surface area contributed by atoms with E-state index < -0.39 is 11.6 Å². The Bertz CT molecular complexity index is 600. The van der Waals surface area contributed by atoms with Gasteiger partial charge in [-0.3, -0.25) is 0 Å². The summed E-state index contributed by atoms with van der Waals surface area (Å²) >= 11 is 2.44. The molecule has 20 heavy (non-hydrogen) atoms. The van der Waals surface area contributed by atoms with Crippen LogP contribution in [0.2, 0.25) is 0 Å². The molecule has 1 aromatic carbocycles. The van der Waals surface area contributed by atoms with Gasteiger partial charge in [-0.15, -0.1) is 11.3 Å². The highest BCUT2D eigenvalue weighted by molar-refractivity contribution is 8.01. The SMILES string of the molecule is Cc1csc(Sc2c(F)cc(CNC3CC3)cc2F)n1. The summed E-state index contributed by atoms with van der Waals surface area (Å²) in [6.45, 7) is 2.37. The molecule has 1 saturated carbocycles. The van der Waals surface area contributed by atoms with E-state index in [1.165, 1.54) is 23.5 Å². The molecule has 2 aromatic rings. The Balaban J connectivity index is 1.76. The van der Waals surface area contributed by atoms with Gasteiger partial charge in [0, 0.05) is 23.7 Å². The van der Waals surface area contributed by atoms with Gasteiger partial charge in [0.25, 0.3) is 0 Å². The Morgan fingerprint density at radius 1 is 1.35 bits per heavy atom. The number of hydrogen-bond donors (Lipinski definition) is 1. The molecule has 106 valence electrons. The lowest BCUT2D eigenvalue weighted by Gasteiger charge is -2.07.